The molecule has 0 spiro atoms. The first-order valence-corrected chi connectivity index (χ1v) is 10.2. The molecule has 2 aliphatic rings. The molecule has 7 nitrogen and oxygen atoms in total. The maximum atomic E-state index is 12.1. The van der Waals surface area contributed by atoms with Crippen molar-refractivity contribution in [3.8, 4) is 5.75 Å². The molecule has 0 aromatic heterocycles. The lowest BCUT2D eigenvalue weighted by Crippen LogP contribution is -2.50. The second kappa shape index (κ2) is 9.47. The van der Waals surface area contributed by atoms with E-state index in [9.17, 15) is 4.79 Å². The van der Waals surface area contributed by atoms with Gasteiger partial charge in [-0.15, -0.1) is 0 Å². The normalized spacial score (nSPS) is 22.1. The highest BCUT2D eigenvalue weighted by Crippen LogP contribution is 2.31. The molecule has 1 aromatic rings. The molecule has 1 atom stereocenters. The molecule has 2 fully saturated rings. The van der Waals surface area contributed by atoms with Gasteiger partial charge < -0.3 is 25.0 Å². The molecular weight excluding hydrogens is 356 g/mol. The molecule has 0 saturated carbocycles. The van der Waals surface area contributed by atoms with Crippen LogP contribution in [0.25, 0.3) is 0 Å². The number of rotatable bonds is 7. The van der Waals surface area contributed by atoms with Gasteiger partial charge in [0.25, 0.3) is 0 Å². The van der Waals surface area contributed by atoms with Crippen molar-refractivity contribution in [2.75, 3.05) is 64.4 Å². The summed E-state index contributed by atoms with van der Waals surface area (Å²) in [5.41, 5.74) is 1.03. The molecule has 2 aliphatic heterocycles. The Morgan fingerprint density at radius 3 is 2.89 bits per heavy atom. The number of carbonyl (C=O) groups is 1. The zero-order chi connectivity index (χ0) is 20.0. The largest absolute Gasteiger partial charge is 0.495 e. The van der Waals surface area contributed by atoms with Crippen LogP contribution < -0.4 is 20.3 Å². The van der Waals surface area contributed by atoms with E-state index in [0.717, 1.165) is 57.2 Å². The van der Waals surface area contributed by atoms with Crippen LogP contribution in [0.1, 0.15) is 20.3 Å². The van der Waals surface area contributed by atoms with Crippen LogP contribution in [0.4, 0.5) is 10.5 Å². The highest BCUT2D eigenvalue weighted by molar-refractivity contribution is 5.73. The van der Waals surface area contributed by atoms with Crippen molar-refractivity contribution in [3.05, 3.63) is 24.3 Å². The van der Waals surface area contributed by atoms with Gasteiger partial charge in [0, 0.05) is 45.8 Å². The van der Waals surface area contributed by atoms with E-state index in [-0.39, 0.29) is 11.6 Å². The van der Waals surface area contributed by atoms with E-state index >= 15 is 0 Å². The Hall–Kier alpha value is -1.99. The topological polar surface area (TPSA) is 66.1 Å². The van der Waals surface area contributed by atoms with Crippen LogP contribution in [0.2, 0.25) is 0 Å². The minimum atomic E-state index is -0.101. The number of urea groups is 1. The van der Waals surface area contributed by atoms with Gasteiger partial charge in [-0.3, -0.25) is 4.90 Å². The third kappa shape index (κ3) is 5.75. The Morgan fingerprint density at radius 1 is 1.29 bits per heavy atom. The van der Waals surface area contributed by atoms with Crippen LogP contribution in [-0.4, -0.2) is 76.1 Å². The third-order valence-corrected chi connectivity index (χ3v) is 5.48. The number of carbonyl (C=O) groups excluding carboxylic acids is 1. The Labute approximate surface area is 168 Å². The molecule has 3 rings (SSSR count). The van der Waals surface area contributed by atoms with Crippen LogP contribution in [0.15, 0.2) is 24.3 Å². The summed E-state index contributed by atoms with van der Waals surface area (Å²) in [6.45, 7) is 10.9. The monoisotopic (exact) mass is 390 g/mol. The van der Waals surface area contributed by atoms with Gasteiger partial charge in [0.2, 0.25) is 0 Å². The van der Waals surface area contributed by atoms with E-state index in [1.165, 1.54) is 0 Å². The maximum absolute atomic E-state index is 12.1. The van der Waals surface area contributed by atoms with Crippen molar-refractivity contribution in [2.24, 2.45) is 5.92 Å². The minimum Gasteiger partial charge on any atom is -0.495 e. The summed E-state index contributed by atoms with van der Waals surface area (Å²) in [6.07, 6.45) is 1.07. The first-order valence-electron chi connectivity index (χ1n) is 10.2. The van der Waals surface area contributed by atoms with Gasteiger partial charge in [0.1, 0.15) is 5.75 Å². The summed E-state index contributed by atoms with van der Waals surface area (Å²) < 4.78 is 11.2. The predicted octanol–water partition coefficient (Wildman–Crippen LogP) is 1.93. The molecule has 2 amide bonds. The fourth-order valence-electron chi connectivity index (χ4n) is 4.04. The van der Waals surface area contributed by atoms with Crippen molar-refractivity contribution < 1.29 is 14.3 Å². The van der Waals surface area contributed by atoms with Gasteiger partial charge in [-0.1, -0.05) is 12.1 Å². The number of para-hydroxylation sites is 2. The van der Waals surface area contributed by atoms with E-state index in [1.807, 2.05) is 18.2 Å². The SMILES string of the molecule is COc1ccccc1N1CCC(CNC(=O)NCCN2CCOC(C)(C)C2)C1. The summed E-state index contributed by atoms with van der Waals surface area (Å²) in [6, 6.07) is 8.02. The van der Waals surface area contributed by atoms with Crippen molar-refractivity contribution in [1.82, 2.24) is 15.5 Å². The number of nitrogens with zero attached hydrogens (tertiary/aromatic N) is 2. The van der Waals surface area contributed by atoms with Gasteiger partial charge in [-0.2, -0.15) is 0 Å². The number of amides is 2. The van der Waals surface area contributed by atoms with Crippen LogP contribution in [-0.2, 0) is 4.74 Å². The minimum absolute atomic E-state index is 0.0803. The number of benzene rings is 1. The molecular formula is C21H34N4O3. The summed E-state index contributed by atoms with van der Waals surface area (Å²) in [7, 11) is 1.70. The number of methoxy groups -OCH3 is 1. The second-order valence-electron chi connectivity index (χ2n) is 8.29. The zero-order valence-electron chi connectivity index (χ0n) is 17.4. The Morgan fingerprint density at radius 2 is 2.11 bits per heavy atom. The fourth-order valence-corrected chi connectivity index (χ4v) is 4.04. The smallest absolute Gasteiger partial charge is 0.314 e. The highest BCUT2D eigenvalue weighted by atomic mass is 16.5. The number of nitrogens with one attached hydrogen (secondary N) is 2. The molecule has 156 valence electrons. The van der Waals surface area contributed by atoms with Gasteiger partial charge in [-0.25, -0.2) is 4.79 Å². The van der Waals surface area contributed by atoms with Gasteiger partial charge >= 0.3 is 6.03 Å². The van der Waals surface area contributed by atoms with Crippen molar-refractivity contribution in [3.63, 3.8) is 0 Å². The number of anilines is 1. The lowest BCUT2D eigenvalue weighted by atomic mass is 10.1. The highest BCUT2D eigenvalue weighted by Gasteiger charge is 2.27. The lowest BCUT2D eigenvalue weighted by Gasteiger charge is -2.38. The average Bonchev–Trinajstić information content (AvgIpc) is 3.14. The van der Waals surface area contributed by atoms with E-state index in [1.54, 1.807) is 7.11 Å². The number of ether oxygens (including phenoxy) is 2. The van der Waals surface area contributed by atoms with Crippen molar-refractivity contribution in [2.45, 2.75) is 25.9 Å². The standard InChI is InChI=1S/C21H34N4O3/c1-21(2)16-24(12-13-28-21)11-9-22-20(26)23-14-17-8-10-25(15-17)18-6-4-5-7-19(18)27-3/h4-7,17H,8-16H2,1-3H3,(H2,22,23,26). The second-order valence-corrected chi connectivity index (χ2v) is 8.29. The average molecular weight is 391 g/mol. The summed E-state index contributed by atoms with van der Waals surface area (Å²) in [4.78, 5) is 16.8. The number of morpholine rings is 1. The Kier molecular flexibility index (Phi) is 7.02. The van der Waals surface area contributed by atoms with E-state index in [4.69, 9.17) is 9.47 Å². The molecule has 7 heteroatoms. The van der Waals surface area contributed by atoms with E-state index < -0.39 is 0 Å². The molecule has 1 unspecified atom stereocenters. The maximum Gasteiger partial charge on any atom is 0.314 e. The van der Waals surface area contributed by atoms with Crippen LogP contribution in [0, 0.1) is 5.92 Å². The molecule has 0 bridgehead atoms. The molecule has 0 aliphatic carbocycles. The predicted molar refractivity (Wildman–Crippen MR) is 111 cm³/mol. The van der Waals surface area contributed by atoms with Gasteiger partial charge in [0.15, 0.2) is 0 Å². The first-order chi connectivity index (χ1) is 13.5. The molecule has 2 saturated heterocycles. The van der Waals surface area contributed by atoms with E-state index in [0.29, 0.717) is 19.0 Å². The van der Waals surface area contributed by atoms with Gasteiger partial charge in [-0.05, 0) is 38.3 Å². The van der Waals surface area contributed by atoms with Crippen LogP contribution in [0.3, 0.4) is 0 Å². The quantitative estimate of drug-likeness (QED) is 0.745. The lowest BCUT2D eigenvalue weighted by molar-refractivity contribution is -0.0852. The number of hydrogen-bond acceptors (Lipinski definition) is 5. The van der Waals surface area contributed by atoms with Crippen LogP contribution in [0.5, 0.6) is 5.75 Å². The Balaban J connectivity index is 1.34. The summed E-state index contributed by atoms with van der Waals surface area (Å²) in [5.74, 6) is 1.36. The van der Waals surface area contributed by atoms with E-state index in [2.05, 4.69) is 40.3 Å². The molecule has 2 N–H and O–H groups in total. The molecule has 2 heterocycles. The molecule has 1 aromatic carbocycles. The summed E-state index contributed by atoms with van der Waals surface area (Å²) in [5, 5.41) is 6.00. The Bertz CT molecular complexity index is 652. The zero-order valence-corrected chi connectivity index (χ0v) is 17.4. The van der Waals surface area contributed by atoms with Crippen LogP contribution >= 0.6 is 0 Å². The third-order valence-electron chi connectivity index (χ3n) is 5.48. The first kappa shape index (κ1) is 20.7. The van der Waals surface area contributed by atoms with Crippen molar-refractivity contribution >= 4 is 11.7 Å². The summed E-state index contributed by atoms with van der Waals surface area (Å²) >= 11 is 0. The van der Waals surface area contributed by atoms with Crippen molar-refractivity contribution in [1.29, 1.82) is 0 Å². The van der Waals surface area contributed by atoms with Gasteiger partial charge in [0.05, 0.1) is 25.0 Å². The fraction of sp³-hybridized carbons (Fsp3) is 0.667. The molecule has 0 radical (unpaired) electrons. The molecule has 28 heavy (non-hydrogen) atoms. The number of hydrogen-bond donors (Lipinski definition) is 2.